The third kappa shape index (κ3) is 3.52. The minimum Gasteiger partial charge on any atom is -0.391 e. The molecule has 9 heteroatoms. The first-order valence-electron chi connectivity index (χ1n) is 9.60. The summed E-state index contributed by atoms with van der Waals surface area (Å²) >= 11 is 0. The molecule has 0 saturated carbocycles. The fraction of sp³-hybridized carbons (Fsp3) is 0.778. The van der Waals surface area contributed by atoms with Gasteiger partial charge in [-0.3, -0.25) is 19.2 Å². The molecule has 4 amide bonds. The summed E-state index contributed by atoms with van der Waals surface area (Å²) in [7, 11) is 0. The molecule has 3 heterocycles. The second-order valence-corrected chi connectivity index (χ2v) is 7.79. The molecular formula is C18H28N4O5. The second kappa shape index (κ2) is 7.46. The Bertz CT molecular complexity index is 646. The molecule has 0 aromatic carbocycles. The van der Waals surface area contributed by atoms with Gasteiger partial charge < -0.3 is 25.1 Å². The Kier molecular flexibility index (Phi) is 5.41. The van der Waals surface area contributed by atoms with Crippen LogP contribution in [0.4, 0.5) is 0 Å². The first-order valence-corrected chi connectivity index (χ1v) is 9.60. The van der Waals surface area contributed by atoms with E-state index in [0.717, 1.165) is 19.3 Å². The molecule has 1 spiro atoms. The third-order valence-electron chi connectivity index (χ3n) is 5.82. The quantitative estimate of drug-likeness (QED) is 0.576. The van der Waals surface area contributed by atoms with Gasteiger partial charge in [0.1, 0.15) is 11.6 Å². The fourth-order valence-corrected chi connectivity index (χ4v) is 4.43. The number of rotatable bonds is 5. The molecule has 0 bridgehead atoms. The lowest BCUT2D eigenvalue weighted by molar-refractivity contribution is -0.168. The maximum Gasteiger partial charge on any atom is 0.250 e. The zero-order chi connectivity index (χ0) is 19.8. The number of aliphatic hydroxyl groups is 1. The number of hydrogen-bond donors (Lipinski definition) is 2. The van der Waals surface area contributed by atoms with Crippen molar-refractivity contribution in [3.63, 3.8) is 0 Å². The van der Waals surface area contributed by atoms with Crippen LogP contribution in [0.2, 0.25) is 0 Å². The SMILES string of the molecule is CC(=O)N1CCCC12CN(CC(=O)N[C@H](C(=O)N1CCCC1)[C@@H](C)O)C2=O. The molecule has 3 fully saturated rings. The minimum absolute atomic E-state index is 0.129. The molecule has 150 valence electrons. The van der Waals surface area contributed by atoms with E-state index in [0.29, 0.717) is 32.6 Å². The highest BCUT2D eigenvalue weighted by Crippen LogP contribution is 2.38. The predicted octanol–water partition coefficient (Wildman–Crippen LogP) is -1.30. The Balaban J connectivity index is 1.57. The first-order chi connectivity index (χ1) is 12.8. The van der Waals surface area contributed by atoms with Crippen molar-refractivity contribution in [2.24, 2.45) is 0 Å². The molecule has 0 aromatic heterocycles. The van der Waals surface area contributed by atoms with E-state index in [1.165, 1.54) is 18.7 Å². The van der Waals surface area contributed by atoms with Crippen molar-refractivity contribution < 1.29 is 24.3 Å². The molecule has 0 aliphatic carbocycles. The number of aliphatic hydroxyl groups excluding tert-OH is 1. The summed E-state index contributed by atoms with van der Waals surface area (Å²) in [4.78, 5) is 53.9. The van der Waals surface area contributed by atoms with Gasteiger partial charge in [-0.1, -0.05) is 0 Å². The molecular weight excluding hydrogens is 352 g/mol. The highest BCUT2D eigenvalue weighted by molar-refractivity contribution is 5.99. The van der Waals surface area contributed by atoms with Crippen molar-refractivity contribution in [3.8, 4) is 0 Å². The van der Waals surface area contributed by atoms with Gasteiger partial charge in [-0.2, -0.15) is 0 Å². The third-order valence-corrected chi connectivity index (χ3v) is 5.82. The first kappa shape index (κ1) is 19.6. The van der Waals surface area contributed by atoms with E-state index in [1.807, 2.05) is 0 Å². The number of likely N-dealkylation sites (tertiary alicyclic amines) is 3. The Hall–Kier alpha value is -2.16. The molecule has 3 rings (SSSR count). The number of β-lactam (4-membered cyclic amide) rings is 1. The summed E-state index contributed by atoms with van der Waals surface area (Å²) in [6, 6.07) is -1.01. The Labute approximate surface area is 158 Å². The van der Waals surface area contributed by atoms with Crippen LogP contribution in [0.3, 0.4) is 0 Å². The summed E-state index contributed by atoms with van der Waals surface area (Å²) in [5, 5.41) is 12.5. The lowest BCUT2D eigenvalue weighted by atomic mass is 9.85. The molecule has 3 atom stereocenters. The van der Waals surface area contributed by atoms with Crippen molar-refractivity contribution in [2.45, 2.75) is 57.2 Å². The van der Waals surface area contributed by atoms with Gasteiger partial charge in [0.05, 0.1) is 19.2 Å². The number of hydrogen-bond acceptors (Lipinski definition) is 5. The van der Waals surface area contributed by atoms with Crippen LogP contribution in [0.25, 0.3) is 0 Å². The average Bonchev–Trinajstić information content (AvgIpc) is 3.29. The fourth-order valence-electron chi connectivity index (χ4n) is 4.43. The van der Waals surface area contributed by atoms with Gasteiger partial charge in [0.25, 0.3) is 5.91 Å². The van der Waals surface area contributed by atoms with Gasteiger partial charge in [-0.15, -0.1) is 0 Å². The number of amides is 4. The Morgan fingerprint density at radius 1 is 1.19 bits per heavy atom. The van der Waals surface area contributed by atoms with Crippen molar-refractivity contribution in [2.75, 3.05) is 32.7 Å². The second-order valence-electron chi connectivity index (χ2n) is 7.79. The van der Waals surface area contributed by atoms with Crippen molar-refractivity contribution in [3.05, 3.63) is 0 Å². The van der Waals surface area contributed by atoms with E-state index < -0.39 is 23.6 Å². The Morgan fingerprint density at radius 2 is 1.85 bits per heavy atom. The zero-order valence-electron chi connectivity index (χ0n) is 15.9. The van der Waals surface area contributed by atoms with Crippen molar-refractivity contribution in [1.82, 2.24) is 20.0 Å². The van der Waals surface area contributed by atoms with Gasteiger partial charge >= 0.3 is 0 Å². The van der Waals surface area contributed by atoms with Crippen LogP contribution >= 0.6 is 0 Å². The van der Waals surface area contributed by atoms with Crippen molar-refractivity contribution >= 4 is 23.6 Å². The van der Waals surface area contributed by atoms with Gasteiger partial charge in [0.15, 0.2) is 0 Å². The van der Waals surface area contributed by atoms with Gasteiger partial charge in [0.2, 0.25) is 17.7 Å². The maximum atomic E-state index is 12.6. The number of nitrogens with one attached hydrogen (secondary N) is 1. The minimum atomic E-state index is -1.02. The highest BCUT2D eigenvalue weighted by atomic mass is 16.3. The predicted molar refractivity (Wildman–Crippen MR) is 95.4 cm³/mol. The standard InChI is InChI=1S/C18H28N4O5/c1-12(23)15(16(26)20-7-3-4-8-20)19-14(25)10-21-11-18(17(21)27)6-5-9-22(18)13(2)24/h12,15,23H,3-11H2,1-2H3,(H,19,25)/t12-,15+,18?/m1/s1. The summed E-state index contributed by atoms with van der Waals surface area (Å²) < 4.78 is 0. The molecule has 2 N–H and O–H groups in total. The summed E-state index contributed by atoms with van der Waals surface area (Å²) in [6.07, 6.45) is 2.21. The molecule has 3 aliphatic heterocycles. The lowest BCUT2D eigenvalue weighted by Gasteiger charge is -2.50. The Morgan fingerprint density at radius 3 is 2.41 bits per heavy atom. The van der Waals surface area contributed by atoms with Crippen LogP contribution < -0.4 is 5.32 Å². The monoisotopic (exact) mass is 380 g/mol. The van der Waals surface area contributed by atoms with E-state index >= 15 is 0 Å². The van der Waals surface area contributed by atoms with Gasteiger partial charge in [-0.25, -0.2) is 0 Å². The highest BCUT2D eigenvalue weighted by Gasteiger charge is 2.59. The molecule has 0 aromatic rings. The number of nitrogens with zero attached hydrogens (tertiary/aromatic N) is 3. The molecule has 0 radical (unpaired) electrons. The number of carbonyl (C=O) groups excluding carboxylic acids is 4. The number of carbonyl (C=O) groups is 4. The summed E-state index contributed by atoms with van der Waals surface area (Å²) in [5.41, 5.74) is -0.791. The van der Waals surface area contributed by atoms with Crippen LogP contribution in [-0.4, -0.2) is 93.8 Å². The van der Waals surface area contributed by atoms with Gasteiger partial charge in [-0.05, 0) is 32.6 Å². The zero-order valence-corrected chi connectivity index (χ0v) is 15.9. The normalized spacial score (nSPS) is 26.9. The van der Waals surface area contributed by atoms with Crippen LogP contribution in [0.5, 0.6) is 0 Å². The van der Waals surface area contributed by atoms with Crippen LogP contribution in [-0.2, 0) is 19.2 Å². The molecule has 9 nitrogen and oxygen atoms in total. The van der Waals surface area contributed by atoms with E-state index in [2.05, 4.69) is 5.32 Å². The van der Waals surface area contributed by atoms with Crippen molar-refractivity contribution in [1.29, 1.82) is 0 Å². The molecule has 3 saturated heterocycles. The topological polar surface area (TPSA) is 110 Å². The van der Waals surface area contributed by atoms with E-state index in [-0.39, 0.29) is 24.3 Å². The molecule has 1 unspecified atom stereocenters. The smallest absolute Gasteiger partial charge is 0.250 e. The van der Waals surface area contributed by atoms with E-state index in [9.17, 15) is 24.3 Å². The van der Waals surface area contributed by atoms with Crippen LogP contribution in [0.1, 0.15) is 39.5 Å². The van der Waals surface area contributed by atoms with Gasteiger partial charge in [0, 0.05) is 26.6 Å². The van der Waals surface area contributed by atoms with Crippen LogP contribution in [0, 0.1) is 0 Å². The van der Waals surface area contributed by atoms with E-state index in [1.54, 1.807) is 9.80 Å². The molecule has 3 aliphatic rings. The average molecular weight is 380 g/mol. The summed E-state index contributed by atoms with van der Waals surface area (Å²) in [6.45, 7) is 4.90. The maximum absolute atomic E-state index is 12.6. The lowest BCUT2D eigenvalue weighted by Crippen LogP contribution is -2.73. The largest absolute Gasteiger partial charge is 0.391 e. The van der Waals surface area contributed by atoms with Crippen LogP contribution in [0.15, 0.2) is 0 Å². The molecule has 27 heavy (non-hydrogen) atoms. The van der Waals surface area contributed by atoms with E-state index in [4.69, 9.17) is 0 Å². The summed E-state index contributed by atoms with van der Waals surface area (Å²) in [5.74, 6) is -1.12.